The molecule has 0 amide bonds. The predicted molar refractivity (Wildman–Crippen MR) is 84.1 cm³/mol. The lowest BCUT2D eigenvalue weighted by atomic mass is 10.3. The molecule has 0 saturated carbocycles. The van der Waals surface area contributed by atoms with Crippen molar-refractivity contribution in [2.45, 2.75) is 25.2 Å². The number of hydrogen-bond donors (Lipinski definition) is 3. The number of benzene rings is 1. The molecular formula is C14H17N5O3S. The fourth-order valence-corrected chi connectivity index (χ4v) is 3.61. The largest absolute Gasteiger partial charge is 0.441 e. The average molecular weight is 335 g/mol. The molecule has 2 aromatic heterocycles. The molecule has 3 aromatic rings. The molecule has 0 radical (unpaired) electrons. The Bertz CT molecular complexity index is 876. The monoisotopic (exact) mass is 335 g/mol. The highest BCUT2D eigenvalue weighted by Gasteiger charge is 2.21. The average Bonchev–Trinajstić information content (AvgIpc) is 3.06. The second-order valence-corrected chi connectivity index (χ2v) is 6.74. The van der Waals surface area contributed by atoms with Crippen LogP contribution in [-0.4, -0.2) is 30.1 Å². The first-order valence-corrected chi connectivity index (χ1v) is 8.56. The van der Waals surface area contributed by atoms with E-state index < -0.39 is 10.0 Å². The van der Waals surface area contributed by atoms with E-state index in [-0.39, 0.29) is 4.90 Å². The molecule has 1 aromatic carbocycles. The van der Waals surface area contributed by atoms with E-state index in [9.17, 15) is 8.42 Å². The van der Waals surface area contributed by atoms with Crippen LogP contribution in [0.15, 0.2) is 33.6 Å². The minimum atomic E-state index is -3.66. The summed E-state index contributed by atoms with van der Waals surface area (Å²) < 4.78 is 30.0. The van der Waals surface area contributed by atoms with Crippen molar-refractivity contribution in [1.82, 2.24) is 25.4 Å². The van der Waals surface area contributed by atoms with Crippen LogP contribution in [0.1, 0.15) is 17.3 Å². The lowest BCUT2D eigenvalue weighted by Crippen LogP contribution is -2.38. The van der Waals surface area contributed by atoms with Crippen molar-refractivity contribution in [3.8, 4) is 0 Å². The molecule has 0 fully saturated rings. The smallest absolute Gasteiger partial charge is 0.256 e. The number of oxazole rings is 1. The van der Waals surface area contributed by atoms with Gasteiger partial charge in [-0.25, -0.2) is 18.8 Å². The number of aryl methyl sites for hydroxylation is 2. The molecule has 0 bridgehead atoms. The van der Waals surface area contributed by atoms with Gasteiger partial charge in [-0.05, 0) is 26.0 Å². The van der Waals surface area contributed by atoms with E-state index in [0.29, 0.717) is 35.8 Å². The molecule has 0 unspecified atom stereocenters. The molecule has 0 spiro atoms. The van der Waals surface area contributed by atoms with Crippen LogP contribution in [0.3, 0.4) is 0 Å². The first kappa shape index (κ1) is 15.7. The number of hydrogen-bond acceptors (Lipinski definition) is 6. The summed E-state index contributed by atoms with van der Waals surface area (Å²) in [6.07, 6.45) is 0.459. The molecule has 0 saturated heterocycles. The van der Waals surface area contributed by atoms with Gasteiger partial charge in [-0.15, -0.1) is 4.83 Å². The van der Waals surface area contributed by atoms with Gasteiger partial charge in [-0.1, -0.05) is 12.1 Å². The Labute approximate surface area is 133 Å². The summed E-state index contributed by atoms with van der Waals surface area (Å²) in [4.78, 5) is 6.82. The van der Waals surface area contributed by atoms with Crippen LogP contribution in [0.2, 0.25) is 0 Å². The third-order valence-electron chi connectivity index (χ3n) is 3.34. The summed E-state index contributed by atoms with van der Waals surface area (Å²) in [5.41, 5.74) is 5.10. The Balaban J connectivity index is 1.59. The molecule has 122 valence electrons. The number of nitrogens with zero attached hydrogens (tertiary/aromatic N) is 2. The third-order valence-corrected chi connectivity index (χ3v) is 4.89. The number of fused-ring (bicyclic) bond motifs is 1. The zero-order valence-corrected chi connectivity index (χ0v) is 13.6. The molecule has 3 rings (SSSR count). The normalized spacial score (nSPS) is 12.1. The fourth-order valence-electron chi connectivity index (χ4n) is 2.33. The zero-order valence-electron chi connectivity index (χ0n) is 12.8. The van der Waals surface area contributed by atoms with Crippen LogP contribution in [0.5, 0.6) is 0 Å². The Morgan fingerprint density at radius 3 is 2.74 bits per heavy atom. The van der Waals surface area contributed by atoms with Crippen LogP contribution >= 0.6 is 0 Å². The molecule has 3 N–H and O–H groups in total. The number of H-pyrrole nitrogens is 1. The van der Waals surface area contributed by atoms with Crippen molar-refractivity contribution in [3.05, 3.63) is 41.5 Å². The number of rotatable bonds is 6. The van der Waals surface area contributed by atoms with E-state index in [1.165, 1.54) is 0 Å². The molecule has 0 aliphatic carbocycles. The van der Waals surface area contributed by atoms with Gasteiger partial charge in [0.25, 0.3) is 10.0 Å². The molecule has 0 atom stereocenters. The van der Waals surface area contributed by atoms with Gasteiger partial charge in [-0.2, -0.15) is 5.10 Å². The maximum absolute atomic E-state index is 12.2. The summed E-state index contributed by atoms with van der Waals surface area (Å²) in [6, 6.07) is 7.46. The quantitative estimate of drug-likeness (QED) is 0.461. The van der Waals surface area contributed by atoms with Gasteiger partial charge in [-0.3, -0.25) is 5.10 Å². The first-order chi connectivity index (χ1) is 11.0. The number of hydrazine groups is 1. The summed E-state index contributed by atoms with van der Waals surface area (Å²) in [5, 5.41) is 6.54. The van der Waals surface area contributed by atoms with E-state index in [1.807, 2.05) is 24.3 Å². The number of para-hydroxylation sites is 2. The summed E-state index contributed by atoms with van der Waals surface area (Å²) in [6.45, 7) is 3.64. The van der Waals surface area contributed by atoms with Crippen molar-refractivity contribution in [1.29, 1.82) is 0 Å². The molecule has 23 heavy (non-hydrogen) atoms. The molecular weight excluding hydrogens is 318 g/mol. The van der Waals surface area contributed by atoms with Gasteiger partial charge in [0.1, 0.15) is 10.4 Å². The van der Waals surface area contributed by atoms with Gasteiger partial charge < -0.3 is 4.42 Å². The van der Waals surface area contributed by atoms with Crippen molar-refractivity contribution >= 4 is 21.1 Å². The van der Waals surface area contributed by atoms with E-state index in [1.54, 1.807) is 13.8 Å². The first-order valence-electron chi connectivity index (χ1n) is 7.08. The Morgan fingerprint density at radius 1 is 1.26 bits per heavy atom. The van der Waals surface area contributed by atoms with Crippen molar-refractivity contribution in [3.63, 3.8) is 0 Å². The highest BCUT2D eigenvalue weighted by Crippen LogP contribution is 2.16. The van der Waals surface area contributed by atoms with E-state index >= 15 is 0 Å². The molecule has 0 aliphatic rings. The van der Waals surface area contributed by atoms with Crippen LogP contribution in [0, 0.1) is 13.8 Å². The van der Waals surface area contributed by atoms with Crippen LogP contribution < -0.4 is 10.3 Å². The second kappa shape index (κ2) is 6.11. The lowest BCUT2D eigenvalue weighted by molar-refractivity contribution is 0.503. The number of aromatic nitrogens is 3. The minimum absolute atomic E-state index is 0.159. The third kappa shape index (κ3) is 3.26. The van der Waals surface area contributed by atoms with Crippen molar-refractivity contribution in [2.24, 2.45) is 0 Å². The van der Waals surface area contributed by atoms with Gasteiger partial charge in [0.15, 0.2) is 11.5 Å². The summed E-state index contributed by atoms with van der Waals surface area (Å²) in [5.74, 6) is 0.550. The van der Waals surface area contributed by atoms with Crippen molar-refractivity contribution in [2.75, 3.05) is 6.54 Å². The molecule has 0 aliphatic heterocycles. The Kier molecular flexibility index (Phi) is 4.16. The van der Waals surface area contributed by atoms with Gasteiger partial charge >= 0.3 is 0 Å². The van der Waals surface area contributed by atoms with Crippen molar-refractivity contribution < 1.29 is 12.8 Å². The Morgan fingerprint density at radius 2 is 2.04 bits per heavy atom. The lowest BCUT2D eigenvalue weighted by Gasteiger charge is -2.07. The second-order valence-electron chi connectivity index (χ2n) is 5.12. The SMILES string of the molecule is Cc1n[nH]c(C)c1S(=O)(=O)NNCCc1nc2ccccc2o1. The number of sulfonamides is 1. The highest BCUT2D eigenvalue weighted by molar-refractivity contribution is 7.89. The standard InChI is InChI=1S/C14H17N5O3S/c1-9-14(10(2)18-17-9)23(20,21)19-15-8-7-13-16-11-5-3-4-6-12(11)22-13/h3-6,15,19H,7-8H2,1-2H3,(H,17,18). The molecule has 2 heterocycles. The molecule has 8 nitrogen and oxygen atoms in total. The van der Waals surface area contributed by atoms with Gasteiger partial charge in [0.05, 0.1) is 11.4 Å². The Hall–Kier alpha value is -2.23. The predicted octanol–water partition coefficient (Wildman–Crippen LogP) is 1.19. The van der Waals surface area contributed by atoms with E-state index in [4.69, 9.17) is 4.42 Å². The van der Waals surface area contributed by atoms with Gasteiger partial charge in [0.2, 0.25) is 0 Å². The number of nitrogens with one attached hydrogen (secondary N) is 3. The fraction of sp³-hybridized carbons (Fsp3) is 0.286. The summed E-state index contributed by atoms with van der Waals surface area (Å²) in [7, 11) is -3.66. The van der Waals surface area contributed by atoms with E-state index in [0.717, 1.165) is 5.52 Å². The van der Waals surface area contributed by atoms with E-state index in [2.05, 4.69) is 25.4 Å². The zero-order chi connectivity index (χ0) is 16.4. The van der Waals surface area contributed by atoms with Crippen LogP contribution in [0.25, 0.3) is 11.1 Å². The van der Waals surface area contributed by atoms with Crippen LogP contribution in [0.4, 0.5) is 0 Å². The topological polar surface area (TPSA) is 113 Å². The summed E-state index contributed by atoms with van der Waals surface area (Å²) >= 11 is 0. The maximum atomic E-state index is 12.2. The highest BCUT2D eigenvalue weighted by atomic mass is 32.2. The minimum Gasteiger partial charge on any atom is -0.441 e. The number of aromatic amines is 1. The van der Waals surface area contributed by atoms with Gasteiger partial charge in [0, 0.05) is 13.0 Å². The van der Waals surface area contributed by atoms with Crippen LogP contribution in [-0.2, 0) is 16.4 Å². The maximum Gasteiger partial charge on any atom is 0.256 e. The molecule has 9 heteroatoms.